The van der Waals surface area contributed by atoms with E-state index in [9.17, 15) is 9.59 Å². The van der Waals surface area contributed by atoms with Crippen molar-refractivity contribution >= 4 is 35.0 Å². The molecule has 1 saturated carbocycles. The summed E-state index contributed by atoms with van der Waals surface area (Å²) in [5.41, 5.74) is 2.98. The fourth-order valence-electron chi connectivity index (χ4n) is 4.90. The number of rotatable bonds is 5. The predicted octanol–water partition coefficient (Wildman–Crippen LogP) is 4.91. The molecule has 1 aromatic heterocycles. The molecule has 7 heteroatoms. The highest BCUT2D eigenvalue weighted by Gasteiger charge is 2.39. The largest absolute Gasteiger partial charge is 0.329 e. The fraction of sp³-hybridized carbons (Fsp3) is 0.346. The minimum absolute atomic E-state index is 0.0509. The van der Waals surface area contributed by atoms with Gasteiger partial charge in [-0.2, -0.15) is 0 Å². The average Bonchev–Trinajstić information content (AvgIpc) is 3.46. The zero-order valence-corrected chi connectivity index (χ0v) is 19.6. The summed E-state index contributed by atoms with van der Waals surface area (Å²) < 4.78 is 1.97. The molecule has 2 aromatic carbocycles. The van der Waals surface area contributed by atoms with Gasteiger partial charge in [-0.05, 0) is 55.2 Å². The Morgan fingerprint density at radius 2 is 1.79 bits per heavy atom. The molecule has 170 valence electrons. The van der Waals surface area contributed by atoms with E-state index < -0.39 is 0 Å². The second kappa shape index (κ2) is 9.43. The van der Waals surface area contributed by atoms with Gasteiger partial charge in [0.2, 0.25) is 11.8 Å². The van der Waals surface area contributed by atoms with Crippen LogP contribution in [0.2, 0.25) is 0 Å². The summed E-state index contributed by atoms with van der Waals surface area (Å²) in [7, 11) is 1.96. The Bertz CT molecular complexity index is 1160. The summed E-state index contributed by atoms with van der Waals surface area (Å²) in [4.78, 5) is 34.0. The number of nitrogens with zero attached hydrogens (tertiary/aromatic N) is 3. The molecule has 1 fully saturated rings. The van der Waals surface area contributed by atoms with Crippen molar-refractivity contribution in [2.24, 2.45) is 18.9 Å². The third kappa shape index (κ3) is 4.55. The number of nitrogens with one attached hydrogen (secondary N) is 1. The maximum absolute atomic E-state index is 13.5. The number of benzene rings is 2. The zero-order chi connectivity index (χ0) is 22.8. The number of carbonyl (C=O) groups is 2. The number of fused-ring (bicyclic) bond motifs is 1. The third-order valence-electron chi connectivity index (χ3n) is 6.68. The van der Waals surface area contributed by atoms with Crippen LogP contribution < -0.4 is 10.2 Å². The molecule has 2 aliphatic rings. The van der Waals surface area contributed by atoms with Gasteiger partial charge in [-0.15, -0.1) is 0 Å². The molecule has 6 nitrogen and oxygen atoms in total. The van der Waals surface area contributed by atoms with Gasteiger partial charge in [0.15, 0.2) is 5.16 Å². The molecular formula is C26H28N4O2S. The molecule has 1 aliphatic carbocycles. The van der Waals surface area contributed by atoms with Crippen LogP contribution in [0.25, 0.3) is 0 Å². The van der Waals surface area contributed by atoms with Crippen LogP contribution in [-0.4, -0.2) is 27.9 Å². The number of carbonyl (C=O) groups excluding carboxylic acids is 2. The first-order chi connectivity index (χ1) is 16.1. The maximum atomic E-state index is 13.5. The standard InChI is InChI=1S/C26H28N4O2S/c1-29-17-15-27-26(29)33-20-12-10-19(11-13-20)28-24(31)21-7-3-4-8-22(21)25(32)30-16-14-18-6-2-5-9-23(18)30/h2,5-6,9-13,15,17,21-22H,3-4,7-8,14,16H2,1H3,(H,28,31). The average molecular weight is 461 g/mol. The van der Waals surface area contributed by atoms with E-state index in [2.05, 4.69) is 16.4 Å². The van der Waals surface area contributed by atoms with Gasteiger partial charge in [-0.3, -0.25) is 9.59 Å². The SMILES string of the molecule is Cn1ccnc1Sc1ccc(NC(=O)C2CCCCC2C(=O)N2CCc3ccccc32)cc1. The molecule has 2 atom stereocenters. The lowest BCUT2D eigenvalue weighted by Gasteiger charge is -2.32. The van der Waals surface area contributed by atoms with Gasteiger partial charge in [0, 0.05) is 48.2 Å². The third-order valence-corrected chi connectivity index (χ3v) is 7.76. The molecule has 1 aliphatic heterocycles. The molecule has 2 heterocycles. The van der Waals surface area contributed by atoms with Crippen molar-refractivity contribution in [3.63, 3.8) is 0 Å². The molecule has 0 radical (unpaired) electrons. The van der Waals surface area contributed by atoms with Gasteiger partial charge in [0.05, 0.1) is 5.92 Å². The highest BCUT2D eigenvalue weighted by Crippen LogP contribution is 2.36. The van der Waals surface area contributed by atoms with Gasteiger partial charge in [-0.1, -0.05) is 42.8 Å². The van der Waals surface area contributed by atoms with Crippen molar-refractivity contribution in [2.75, 3.05) is 16.8 Å². The first kappa shape index (κ1) is 21.8. The van der Waals surface area contributed by atoms with Gasteiger partial charge >= 0.3 is 0 Å². The highest BCUT2D eigenvalue weighted by molar-refractivity contribution is 7.99. The topological polar surface area (TPSA) is 67.2 Å². The maximum Gasteiger partial charge on any atom is 0.230 e. The van der Waals surface area contributed by atoms with Crippen LogP contribution in [0.3, 0.4) is 0 Å². The minimum Gasteiger partial charge on any atom is -0.329 e. The van der Waals surface area contributed by atoms with Gasteiger partial charge in [-0.25, -0.2) is 4.98 Å². The zero-order valence-electron chi connectivity index (χ0n) is 18.7. The Labute approximate surface area is 198 Å². The molecule has 3 aromatic rings. The van der Waals surface area contributed by atoms with E-state index in [0.29, 0.717) is 6.54 Å². The molecule has 2 amide bonds. The molecular weight excluding hydrogens is 432 g/mol. The van der Waals surface area contributed by atoms with E-state index in [1.165, 1.54) is 5.56 Å². The Kier molecular flexibility index (Phi) is 6.22. The molecule has 2 unspecified atom stereocenters. The molecule has 1 N–H and O–H groups in total. The smallest absolute Gasteiger partial charge is 0.230 e. The summed E-state index contributed by atoms with van der Waals surface area (Å²) in [6.45, 7) is 0.706. The first-order valence-corrected chi connectivity index (χ1v) is 12.4. The summed E-state index contributed by atoms with van der Waals surface area (Å²) in [5, 5.41) is 3.98. The Morgan fingerprint density at radius 3 is 2.55 bits per heavy atom. The molecule has 0 saturated heterocycles. The second-order valence-electron chi connectivity index (χ2n) is 8.80. The number of aryl methyl sites for hydroxylation is 1. The van der Waals surface area contributed by atoms with E-state index in [-0.39, 0.29) is 23.7 Å². The second-order valence-corrected chi connectivity index (χ2v) is 9.84. The van der Waals surface area contributed by atoms with Crippen LogP contribution in [0.15, 0.2) is 71.0 Å². The van der Waals surface area contributed by atoms with Crippen molar-refractivity contribution in [3.05, 3.63) is 66.5 Å². The van der Waals surface area contributed by atoms with Crippen molar-refractivity contribution in [2.45, 2.75) is 42.2 Å². The summed E-state index contributed by atoms with van der Waals surface area (Å²) in [5.74, 6) is -0.504. The van der Waals surface area contributed by atoms with Crippen molar-refractivity contribution in [1.29, 1.82) is 0 Å². The van der Waals surface area contributed by atoms with Crippen molar-refractivity contribution in [3.8, 4) is 0 Å². The summed E-state index contributed by atoms with van der Waals surface area (Å²) in [6, 6.07) is 15.9. The van der Waals surface area contributed by atoms with Gasteiger partial charge in [0.25, 0.3) is 0 Å². The lowest BCUT2D eigenvalue weighted by Crippen LogP contribution is -2.43. The number of imidazole rings is 1. The van der Waals surface area contributed by atoms with E-state index in [1.807, 2.05) is 65.2 Å². The number of hydrogen-bond acceptors (Lipinski definition) is 4. The summed E-state index contributed by atoms with van der Waals surface area (Å²) >= 11 is 1.58. The number of para-hydroxylation sites is 1. The van der Waals surface area contributed by atoms with Crippen molar-refractivity contribution < 1.29 is 9.59 Å². The number of amides is 2. The predicted molar refractivity (Wildman–Crippen MR) is 130 cm³/mol. The van der Waals surface area contributed by atoms with E-state index in [4.69, 9.17) is 0 Å². The van der Waals surface area contributed by atoms with Crippen LogP contribution in [0.1, 0.15) is 31.2 Å². The fourth-order valence-corrected chi connectivity index (χ4v) is 5.71. The molecule has 0 spiro atoms. The van der Waals surface area contributed by atoms with Crippen LogP contribution in [0.4, 0.5) is 11.4 Å². The number of aromatic nitrogens is 2. The normalized spacial score (nSPS) is 19.8. The minimum atomic E-state index is -0.291. The quantitative estimate of drug-likeness (QED) is 0.588. The highest BCUT2D eigenvalue weighted by atomic mass is 32.2. The van der Waals surface area contributed by atoms with E-state index in [0.717, 1.165) is 53.5 Å². The summed E-state index contributed by atoms with van der Waals surface area (Å²) in [6.07, 6.45) is 8.08. The van der Waals surface area contributed by atoms with Crippen LogP contribution >= 0.6 is 11.8 Å². The number of anilines is 2. The first-order valence-electron chi connectivity index (χ1n) is 11.6. The van der Waals surface area contributed by atoms with E-state index in [1.54, 1.807) is 18.0 Å². The van der Waals surface area contributed by atoms with Gasteiger partial charge < -0.3 is 14.8 Å². The number of hydrogen-bond donors (Lipinski definition) is 1. The monoisotopic (exact) mass is 460 g/mol. The molecule has 5 rings (SSSR count). The molecule has 0 bridgehead atoms. The van der Waals surface area contributed by atoms with Crippen LogP contribution in [-0.2, 0) is 23.1 Å². The molecule has 33 heavy (non-hydrogen) atoms. The van der Waals surface area contributed by atoms with Crippen LogP contribution in [0, 0.1) is 11.8 Å². The lowest BCUT2D eigenvalue weighted by atomic mass is 9.77. The Balaban J connectivity index is 1.26. The van der Waals surface area contributed by atoms with E-state index >= 15 is 0 Å². The Morgan fingerprint density at radius 1 is 1.03 bits per heavy atom. The van der Waals surface area contributed by atoms with Crippen LogP contribution in [0.5, 0.6) is 0 Å². The van der Waals surface area contributed by atoms with Gasteiger partial charge in [0.1, 0.15) is 0 Å². The lowest BCUT2D eigenvalue weighted by molar-refractivity contribution is -0.132. The van der Waals surface area contributed by atoms with Crippen molar-refractivity contribution in [1.82, 2.24) is 9.55 Å². The Hall–Kier alpha value is -3.06.